The summed E-state index contributed by atoms with van der Waals surface area (Å²) in [5, 5.41) is 10.5. The van der Waals surface area contributed by atoms with Gasteiger partial charge in [0.05, 0.1) is 23.2 Å². The molecule has 270 valence electrons. The summed E-state index contributed by atoms with van der Waals surface area (Å²) in [5.74, 6) is -1.02. The molecule has 3 aromatic carbocycles. The minimum atomic E-state index is -5.00. The van der Waals surface area contributed by atoms with Gasteiger partial charge in [-0.25, -0.2) is 13.6 Å². The van der Waals surface area contributed by atoms with Crippen molar-refractivity contribution < 1.29 is 46.1 Å². The van der Waals surface area contributed by atoms with Gasteiger partial charge in [0.1, 0.15) is 29.9 Å². The van der Waals surface area contributed by atoms with Crippen LogP contribution in [0.25, 0.3) is 32.8 Å². The topological polar surface area (TPSA) is 100 Å². The van der Waals surface area contributed by atoms with Crippen molar-refractivity contribution in [3.8, 4) is 22.9 Å². The Morgan fingerprint density at radius 3 is 2.53 bits per heavy atom. The number of carbonyl (C=O) groups is 1. The lowest BCUT2D eigenvalue weighted by Crippen LogP contribution is -2.55. The molecule has 4 saturated heterocycles. The number of rotatable bonds is 8. The summed E-state index contributed by atoms with van der Waals surface area (Å²) in [6, 6.07) is 9.44. The van der Waals surface area contributed by atoms with Crippen LogP contribution in [0.5, 0.6) is 11.8 Å². The van der Waals surface area contributed by atoms with Crippen LogP contribution in [0.1, 0.15) is 37.7 Å². The molecule has 8 rings (SSSR count). The number of hydrogen-bond acceptors (Lipinski definition) is 8. The molecule has 0 aliphatic carbocycles. The molecule has 1 aromatic heterocycles. The van der Waals surface area contributed by atoms with Crippen molar-refractivity contribution in [2.45, 2.75) is 62.1 Å². The van der Waals surface area contributed by atoms with Gasteiger partial charge in [0.2, 0.25) is 0 Å². The number of halogens is 5. The highest BCUT2D eigenvalue weighted by atomic mass is 19.4. The van der Waals surface area contributed by atoms with Gasteiger partial charge in [-0.1, -0.05) is 24.3 Å². The number of nitrogens with zero attached hydrogens (tertiary/aromatic N) is 5. The second-order valence-corrected chi connectivity index (χ2v) is 13.9. The third-order valence-electron chi connectivity index (χ3n) is 10.9. The maximum absolute atomic E-state index is 17.3. The summed E-state index contributed by atoms with van der Waals surface area (Å²) in [7, 11) is 1.41. The van der Waals surface area contributed by atoms with Crippen molar-refractivity contribution in [3.63, 3.8) is 0 Å². The molecule has 2 bridgehead atoms. The van der Waals surface area contributed by atoms with E-state index in [0.29, 0.717) is 36.6 Å². The van der Waals surface area contributed by atoms with E-state index in [1.165, 1.54) is 18.1 Å². The SMILES string of the molecule is COCOc1cc(-c2c(C(F)(F)F)cc3c(N4C[C@H]5CC[C@@H](C4)N5C(=O)O)nc(OC[C@@]45CCCN4C[C@H](F)C5)nc3c2F)c2ccccc2c1. The zero-order valence-corrected chi connectivity index (χ0v) is 27.8. The number of carboxylic acid groups (broad SMARTS) is 1. The quantitative estimate of drug-likeness (QED) is 0.155. The molecule has 5 heterocycles. The van der Waals surface area contributed by atoms with Crippen LogP contribution in [0.3, 0.4) is 0 Å². The molecule has 0 spiro atoms. The Hall–Kier alpha value is -4.50. The molecule has 0 unspecified atom stereocenters. The number of amides is 1. The first-order valence-electron chi connectivity index (χ1n) is 17.0. The molecule has 4 aliphatic heterocycles. The molecule has 10 nitrogen and oxygen atoms in total. The standard InChI is InChI=1S/C36H36F5N5O5/c1-49-19-51-24-11-20-5-2-3-6-25(20)26(12-24)29-28(36(39,40)41)13-27-31(30(29)38)42-33(50-18-35-9-4-10-45(35)15-21(37)14-35)43-32(27)44-16-22-7-8-23(17-44)46(22)34(47)48/h2-3,5-6,11-13,21-23H,4,7-10,14-19H2,1H3,(H,47,48)/t21-,22-,23+,35+/m1/s1. The van der Waals surface area contributed by atoms with Crippen LogP contribution in [-0.4, -0.2) is 101 Å². The summed E-state index contributed by atoms with van der Waals surface area (Å²) in [4.78, 5) is 26.2. The number of benzene rings is 3. The number of piperazine rings is 1. The Labute approximate surface area is 289 Å². The second kappa shape index (κ2) is 12.6. The van der Waals surface area contributed by atoms with Gasteiger partial charge in [0.25, 0.3) is 0 Å². The zero-order valence-electron chi connectivity index (χ0n) is 27.8. The van der Waals surface area contributed by atoms with Gasteiger partial charge in [-0.2, -0.15) is 23.1 Å². The molecule has 1 N–H and O–H groups in total. The molecule has 4 aliphatic rings. The average molecular weight is 714 g/mol. The maximum Gasteiger partial charge on any atom is 0.417 e. The van der Waals surface area contributed by atoms with E-state index in [-0.39, 0.29) is 73.5 Å². The van der Waals surface area contributed by atoms with Gasteiger partial charge < -0.3 is 24.2 Å². The fourth-order valence-electron chi connectivity index (χ4n) is 8.72. The number of aromatic nitrogens is 2. The second-order valence-electron chi connectivity index (χ2n) is 13.9. The van der Waals surface area contributed by atoms with E-state index in [4.69, 9.17) is 14.2 Å². The van der Waals surface area contributed by atoms with Crippen LogP contribution in [0, 0.1) is 5.82 Å². The fourth-order valence-corrected chi connectivity index (χ4v) is 8.72. The van der Waals surface area contributed by atoms with Crippen LogP contribution < -0.4 is 14.4 Å². The number of anilines is 1. The molecular formula is C36H36F5N5O5. The largest absolute Gasteiger partial charge is 0.468 e. The molecule has 0 radical (unpaired) electrons. The number of methoxy groups -OCH3 is 1. The number of alkyl halides is 4. The molecule has 4 aromatic rings. The Balaban J connectivity index is 1.32. The molecule has 15 heteroatoms. The third kappa shape index (κ3) is 5.83. The van der Waals surface area contributed by atoms with Crippen molar-refractivity contribution in [2.75, 3.05) is 51.6 Å². The minimum Gasteiger partial charge on any atom is -0.468 e. The highest BCUT2D eigenvalue weighted by Gasteiger charge is 2.50. The Kier molecular flexibility index (Phi) is 8.32. The first kappa shape index (κ1) is 33.6. The molecule has 4 fully saturated rings. The van der Waals surface area contributed by atoms with Crippen molar-refractivity contribution in [1.29, 1.82) is 0 Å². The molecule has 4 atom stereocenters. The van der Waals surface area contributed by atoms with Gasteiger partial charge in [-0.3, -0.25) is 9.80 Å². The minimum absolute atomic E-state index is 0.0190. The van der Waals surface area contributed by atoms with Crippen molar-refractivity contribution in [3.05, 3.63) is 53.8 Å². The van der Waals surface area contributed by atoms with E-state index in [9.17, 15) is 14.3 Å². The predicted octanol–water partition coefficient (Wildman–Crippen LogP) is 6.88. The average Bonchev–Trinajstić information content (AvgIpc) is 3.72. The van der Waals surface area contributed by atoms with Crippen LogP contribution in [0.4, 0.5) is 32.6 Å². The summed E-state index contributed by atoms with van der Waals surface area (Å²) in [6.45, 7) is 1.12. The van der Waals surface area contributed by atoms with Gasteiger partial charge >= 0.3 is 18.3 Å². The Bertz CT molecular complexity index is 2000. The molecule has 1 amide bonds. The van der Waals surface area contributed by atoms with Crippen LogP contribution >= 0.6 is 0 Å². The highest BCUT2D eigenvalue weighted by Crippen LogP contribution is 2.47. The number of ether oxygens (including phenoxy) is 3. The molecular weight excluding hydrogens is 677 g/mol. The van der Waals surface area contributed by atoms with E-state index in [1.54, 1.807) is 35.2 Å². The number of hydrogen-bond donors (Lipinski definition) is 1. The van der Waals surface area contributed by atoms with Crippen LogP contribution in [0.2, 0.25) is 0 Å². The maximum atomic E-state index is 17.3. The smallest absolute Gasteiger partial charge is 0.417 e. The van der Waals surface area contributed by atoms with Crippen LogP contribution in [0.15, 0.2) is 42.5 Å². The first-order chi connectivity index (χ1) is 24.5. The summed E-state index contributed by atoms with van der Waals surface area (Å²) in [5.41, 5.74) is -2.96. The lowest BCUT2D eigenvalue weighted by atomic mass is 9.92. The summed E-state index contributed by atoms with van der Waals surface area (Å²) >= 11 is 0. The number of fused-ring (bicyclic) bond motifs is 5. The molecule has 51 heavy (non-hydrogen) atoms. The van der Waals surface area contributed by atoms with Gasteiger partial charge in [-0.05, 0) is 66.8 Å². The monoisotopic (exact) mass is 713 g/mol. The van der Waals surface area contributed by atoms with Crippen LogP contribution in [-0.2, 0) is 10.9 Å². The summed E-state index contributed by atoms with van der Waals surface area (Å²) < 4.78 is 93.9. The van der Waals surface area contributed by atoms with E-state index in [0.717, 1.165) is 12.5 Å². The Morgan fingerprint density at radius 1 is 1.04 bits per heavy atom. The lowest BCUT2D eigenvalue weighted by molar-refractivity contribution is -0.137. The van der Waals surface area contributed by atoms with E-state index in [1.807, 2.05) is 4.90 Å². The Morgan fingerprint density at radius 2 is 1.80 bits per heavy atom. The normalized spacial score (nSPS) is 24.9. The van der Waals surface area contributed by atoms with Crippen molar-refractivity contribution in [2.24, 2.45) is 0 Å². The predicted molar refractivity (Wildman–Crippen MR) is 177 cm³/mol. The van der Waals surface area contributed by atoms with Gasteiger partial charge in [0, 0.05) is 44.1 Å². The van der Waals surface area contributed by atoms with Crippen molar-refractivity contribution >= 4 is 33.6 Å². The van der Waals surface area contributed by atoms with Gasteiger partial charge in [0.15, 0.2) is 12.6 Å². The third-order valence-corrected chi connectivity index (χ3v) is 10.9. The van der Waals surface area contributed by atoms with E-state index in [2.05, 4.69) is 9.97 Å². The lowest BCUT2D eigenvalue weighted by Gasteiger charge is -2.40. The molecule has 0 saturated carbocycles. The van der Waals surface area contributed by atoms with E-state index >= 15 is 17.6 Å². The highest BCUT2D eigenvalue weighted by molar-refractivity contribution is 6.02. The summed E-state index contributed by atoms with van der Waals surface area (Å²) in [6.07, 6.45) is -4.14. The van der Waals surface area contributed by atoms with Crippen molar-refractivity contribution in [1.82, 2.24) is 19.8 Å². The fraction of sp³-hybridized carbons (Fsp3) is 0.472. The van der Waals surface area contributed by atoms with Gasteiger partial charge in [-0.15, -0.1) is 0 Å². The van der Waals surface area contributed by atoms with E-state index < -0.39 is 53.0 Å². The first-order valence-corrected chi connectivity index (χ1v) is 17.0. The zero-order chi connectivity index (χ0) is 35.7.